The van der Waals surface area contributed by atoms with E-state index in [2.05, 4.69) is 18.4 Å². The lowest BCUT2D eigenvalue weighted by Gasteiger charge is -2.40. The second-order valence-electron chi connectivity index (χ2n) is 5.93. The normalized spacial score (nSPS) is 20.0. The summed E-state index contributed by atoms with van der Waals surface area (Å²) in [6.07, 6.45) is 7.94. The van der Waals surface area contributed by atoms with Crippen LogP contribution in [0.4, 0.5) is 0 Å². The lowest BCUT2D eigenvalue weighted by Crippen LogP contribution is -2.56. The molecule has 1 aliphatic carbocycles. The fourth-order valence-corrected chi connectivity index (χ4v) is 3.70. The van der Waals surface area contributed by atoms with Crippen molar-refractivity contribution < 1.29 is 4.74 Å². The van der Waals surface area contributed by atoms with Gasteiger partial charge in [0.1, 0.15) is 0 Å². The first kappa shape index (κ1) is 16.8. The first-order valence-electron chi connectivity index (χ1n) is 8.05. The molecule has 0 radical (unpaired) electrons. The molecule has 3 nitrogen and oxygen atoms in total. The van der Waals surface area contributed by atoms with Gasteiger partial charge in [0.05, 0.1) is 11.6 Å². The van der Waals surface area contributed by atoms with E-state index in [1.54, 1.807) is 0 Å². The maximum absolute atomic E-state index is 6.31. The van der Waals surface area contributed by atoms with Crippen LogP contribution in [-0.2, 0) is 11.2 Å². The van der Waals surface area contributed by atoms with E-state index in [1.807, 2.05) is 18.2 Å². The van der Waals surface area contributed by atoms with Crippen LogP contribution in [0.3, 0.4) is 0 Å². The highest BCUT2D eigenvalue weighted by Gasteiger charge is 2.39. The van der Waals surface area contributed by atoms with Gasteiger partial charge < -0.3 is 4.74 Å². The molecular formula is C17H27ClN2O. The van der Waals surface area contributed by atoms with Crippen LogP contribution in [0.5, 0.6) is 0 Å². The fourth-order valence-electron chi connectivity index (χ4n) is 3.49. The molecule has 0 saturated heterocycles. The molecule has 0 aliphatic heterocycles. The highest BCUT2D eigenvalue weighted by Crippen LogP contribution is 2.35. The first-order valence-corrected chi connectivity index (χ1v) is 8.43. The van der Waals surface area contributed by atoms with Gasteiger partial charge in [0.25, 0.3) is 0 Å². The molecule has 0 spiro atoms. The third-order valence-electron chi connectivity index (χ3n) is 4.60. The van der Waals surface area contributed by atoms with Gasteiger partial charge in [-0.1, -0.05) is 55.5 Å². The summed E-state index contributed by atoms with van der Waals surface area (Å²) in [4.78, 5) is 0. The zero-order chi connectivity index (χ0) is 15.1. The van der Waals surface area contributed by atoms with E-state index in [0.29, 0.717) is 0 Å². The SMILES string of the molecule is CCOC1(C(Cc2ccccc2Cl)NN)CCCCCC1. The molecule has 21 heavy (non-hydrogen) atoms. The van der Waals surface area contributed by atoms with Crippen LogP contribution in [0.15, 0.2) is 24.3 Å². The minimum Gasteiger partial charge on any atom is -0.374 e. The zero-order valence-electron chi connectivity index (χ0n) is 12.9. The molecule has 0 aromatic heterocycles. The minimum atomic E-state index is -0.167. The van der Waals surface area contributed by atoms with Gasteiger partial charge in [-0.15, -0.1) is 0 Å². The molecule has 1 saturated carbocycles. The van der Waals surface area contributed by atoms with E-state index in [4.69, 9.17) is 22.2 Å². The molecule has 1 aromatic carbocycles. The average Bonchev–Trinajstić information content (AvgIpc) is 2.73. The summed E-state index contributed by atoms with van der Waals surface area (Å²) in [6.45, 7) is 2.79. The average molecular weight is 311 g/mol. The molecule has 1 aliphatic rings. The summed E-state index contributed by atoms with van der Waals surface area (Å²) in [5, 5.41) is 0.804. The summed E-state index contributed by atoms with van der Waals surface area (Å²) in [5.41, 5.74) is 3.98. The molecule has 0 heterocycles. The number of nitrogens with one attached hydrogen (secondary N) is 1. The van der Waals surface area contributed by atoms with E-state index >= 15 is 0 Å². The van der Waals surface area contributed by atoms with Gasteiger partial charge in [0.2, 0.25) is 0 Å². The molecule has 1 unspecified atom stereocenters. The molecule has 2 rings (SSSR count). The Balaban J connectivity index is 2.20. The Morgan fingerprint density at radius 2 is 1.90 bits per heavy atom. The predicted octanol–water partition coefficient (Wildman–Crippen LogP) is 3.84. The van der Waals surface area contributed by atoms with Crippen molar-refractivity contribution in [2.24, 2.45) is 5.84 Å². The second-order valence-corrected chi connectivity index (χ2v) is 6.33. The second kappa shape index (κ2) is 8.14. The van der Waals surface area contributed by atoms with E-state index in [0.717, 1.165) is 36.5 Å². The van der Waals surface area contributed by atoms with E-state index in [9.17, 15) is 0 Å². The third kappa shape index (κ3) is 4.19. The monoisotopic (exact) mass is 310 g/mol. The molecule has 4 heteroatoms. The minimum absolute atomic E-state index is 0.0930. The Morgan fingerprint density at radius 1 is 1.24 bits per heavy atom. The molecule has 118 valence electrons. The van der Waals surface area contributed by atoms with E-state index in [1.165, 1.54) is 25.7 Å². The van der Waals surface area contributed by atoms with Crippen LogP contribution < -0.4 is 11.3 Å². The standard InChI is InChI=1S/C17H27ClN2O/c1-2-21-17(11-7-3-4-8-12-17)16(20-19)13-14-9-5-6-10-15(14)18/h5-6,9-10,16,20H,2-4,7-8,11-13,19H2,1H3. The number of halogens is 1. The van der Waals surface area contributed by atoms with Crippen LogP contribution in [0.25, 0.3) is 0 Å². The van der Waals surface area contributed by atoms with Crippen molar-refractivity contribution in [2.45, 2.75) is 63.5 Å². The lowest BCUT2D eigenvalue weighted by atomic mass is 9.83. The predicted molar refractivity (Wildman–Crippen MR) is 88.3 cm³/mol. The van der Waals surface area contributed by atoms with Crippen molar-refractivity contribution in [3.05, 3.63) is 34.9 Å². The molecule has 0 bridgehead atoms. The highest BCUT2D eigenvalue weighted by molar-refractivity contribution is 6.31. The summed E-state index contributed by atoms with van der Waals surface area (Å²) < 4.78 is 6.23. The van der Waals surface area contributed by atoms with E-state index in [-0.39, 0.29) is 11.6 Å². The van der Waals surface area contributed by atoms with Gasteiger partial charge in [-0.25, -0.2) is 0 Å². The summed E-state index contributed by atoms with van der Waals surface area (Å²) >= 11 is 6.31. The number of nitrogens with two attached hydrogens (primary N) is 1. The molecule has 1 fully saturated rings. The molecule has 1 atom stereocenters. The molecule has 0 amide bonds. The quantitative estimate of drug-likeness (QED) is 0.477. The van der Waals surface area contributed by atoms with Crippen molar-refractivity contribution in [3.63, 3.8) is 0 Å². The maximum atomic E-state index is 6.31. The summed E-state index contributed by atoms with van der Waals surface area (Å²) in [5.74, 6) is 5.89. The topological polar surface area (TPSA) is 47.3 Å². The Hall–Kier alpha value is -0.610. The Bertz CT molecular complexity index is 431. The van der Waals surface area contributed by atoms with Gasteiger partial charge >= 0.3 is 0 Å². The van der Waals surface area contributed by atoms with Crippen LogP contribution in [0.2, 0.25) is 5.02 Å². The van der Waals surface area contributed by atoms with Gasteiger partial charge in [-0.3, -0.25) is 11.3 Å². The van der Waals surface area contributed by atoms with Crippen LogP contribution in [0.1, 0.15) is 51.0 Å². The Labute approximate surface area is 133 Å². The zero-order valence-corrected chi connectivity index (χ0v) is 13.7. The number of hydrogen-bond acceptors (Lipinski definition) is 3. The van der Waals surface area contributed by atoms with Crippen LogP contribution in [0, 0.1) is 0 Å². The van der Waals surface area contributed by atoms with Crippen molar-refractivity contribution in [3.8, 4) is 0 Å². The van der Waals surface area contributed by atoms with E-state index < -0.39 is 0 Å². The number of rotatable bonds is 6. The maximum Gasteiger partial charge on any atom is 0.0851 e. The van der Waals surface area contributed by atoms with Gasteiger partial charge in [-0.2, -0.15) is 0 Å². The molecule has 3 N–H and O–H groups in total. The van der Waals surface area contributed by atoms with Crippen molar-refractivity contribution in [2.75, 3.05) is 6.61 Å². The number of hydrogen-bond donors (Lipinski definition) is 2. The molecule has 1 aromatic rings. The summed E-state index contributed by atoms with van der Waals surface area (Å²) in [6, 6.07) is 8.08. The first-order chi connectivity index (χ1) is 10.2. The number of hydrazine groups is 1. The highest BCUT2D eigenvalue weighted by atomic mass is 35.5. The largest absolute Gasteiger partial charge is 0.374 e. The smallest absolute Gasteiger partial charge is 0.0851 e. The Morgan fingerprint density at radius 3 is 2.48 bits per heavy atom. The summed E-state index contributed by atoms with van der Waals surface area (Å²) in [7, 11) is 0. The van der Waals surface area contributed by atoms with Crippen molar-refractivity contribution in [1.82, 2.24) is 5.43 Å². The lowest BCUT2D eigenvalue weighted by molar-refractivity contribution is -0.0768. The van der Waals surface area contributed by atoms with Gasteiger partial charge in [-0.05, 0) is 37.8 Å². The van der Waals surface area contributed by atoms with Crippen LogP contribution in [-0.4, -0.2) is 18.2 Å². The van der Waals surface area contributed by atoms with Crippen LogP contribution >= 0.6 is 11.6 Å². The fraction of sp³-hybridized carbons (Fsp3) is 0.647. The molecular weight excluding hydrogens is 284 g/mol. The van der Waals surface area contributed by atoms with Gasteiger partial charge in [0, 0.05) is 11.6 Å². The van der Waals surface area contributed by atoms with Crippen molar-refractivity contribution in [1.29, 1.82) is 0 Å². The number of ether oxygens (including phenoxy) is 1. The third-order valence-corrected chi connectivity index (χ3v) is 4.97. The number of benzene rings is 1. The Kier molecular flexibility index (Phi) is 6.49. The van der Waals surface area contributed by atoms with Crippen molar-refractivity contribution >= 4 is 11.6 Å². The van der Waals surface area contributed by atoms with Gasteiger partial charge in [0.15, 0.2) is 0 Å².